The van der Waals surface area contributed by atoms with E-state index < -0.39 is 5.25 Å². The van der Waals surface area contributed by atoms with Gasteiger partial charge in [0, 0.05) is 18.2 Å². The molecule has 1 aliphatic heterocycles. The zero-order valence-corrected chi connectivity index (χ0v) is 14.3. The van der Waals surface area contributed by atoms with Crippen LogP contribution in [0.25, 0.3) is 0 Å². The van der Waals surface area contributed by atoms with Crippen LogP contribution in [-0.4, -0.2) is 43.0 Å². The summed E-state index contributed by atoms with van der Waals surface area (Å²) in [6.45, 7) is 3.99. The van der Waals surface area contributed by atoms with Crippen molar-refractivity contribution < 1.29 is 19.1 Å². The van der Waals surface area contributed by atoms with E-state index in [4.69, 9.17) is 9.47 Å². The highest BCUT2D eigenvalue weighted by Crippen LogP contribution is 2.30. The second kappa shape index (κ2) is 8.39. The first-order valence-corrected chi connectivity index (χ1v) is 8.10. The van der Waals surface area contributed by atoms with Crippen LogP contribution in [0.15, 0.2) is 35.8 Å². The highest BCUT2D eigenvalue weighted by Gasteiger charge is 2.31. The number of anilines is 1. The number of carbonyl (C=O) groups excluding carboxylic acids is 2. The Kier molecular flexibility index (Phi) is 6.25. The zero-order chi connectivity index (χ0) is 17.5. The third kappa shape index (κ3) is 4.51. The molecule has 2 rings (SSSR count). The van der Waals surface area contributed by atoms with E-state index in [0.717, 1.165) is 0 Å². The molecule has 0 spiro atoms. The first-order chi connectivity index (χ1) is 11.6. The number of ether oxygens (including phenoxy) is 2. The highest BCUT2D eigenvalue weighted by atomic mass is 32.2. The summed E-state index contributed by atoms with van der Waals surface area (Å²) < 4.78 is 10.3. The average molecular weight is 349 g/mol. The van der Waals surface area contributed by atoms with Gasteiger partial charge in [0.25, 0.3) is 0 Å². The number of amides is 2. The van der Waals surface area contributed by atoms with Crippen LogP contribution in [0.5, 0.6) is 11.5 Å². The molecular formula is C16H19N3O4S. The molecule has 0 bridgehead atoms. The van der Waals surface area contributed by atoms with Gasteiger partial charge in [-0.1, -0.05) is 17.8 Å². The van der Waals surface area contributed by atoms with Crippen LogP contribution in [0.3, 0.4) is 0 Å². The first-order valence-electron chi connectivity index (χ1n) is 7.22. The van der Waals surface area contributed by atoms with Crippen molar-refractivity contribution in [3.63, 3.8) is 0 Å². The lowest BCUT2D eigenvalue weighted by atomic mass is 10.2. The van der Waals surface area contributed by atoms with Gasteiger partial charge in [-0.05, 0) is 12.1 Å². The maximum Gasteiger partial charge on any atom is 0.240 e. The zero-order valence-electron chi connectivity index (χ0n) is 13.5. The van der Waals surface area contributed by atoms with Gasteiger partial charge in [-0.25, -0.2) is 0 Å². The molecule has 7 nitrogen and oxygen atoms in total. The van der Waals surface area contributed by atoms with E-state index in [2.05, 4.69) is 22.2 Å². The van der Waals surface area contributed by atoms with Gasteiger partial charge in [-0.15, -0.1) is 6.58 Å². The van der Waals surface area contributed by atoms with Crippen LogP contribution in [0, 0.1) is 0 Å². The molecular weight excluding hydrogens is 330 g/mol. The number of hydrogen-bond donors (Lipinski definition) is 2. The SMILES string of the molecule is C=CCN=C1NC(=O)[C@H](CC(=O)Nc2ccc(OC)c(OC)c2)S1. The van der Waals surface area contributed by atoms with Gasteiger partial charge in [-0.3, -0.25) is 14.6 Å². The third-order valence-electron chi connectivity index (χ3n) is 3.18. The number of aliphatic imine (C=N–C) groups is 1. The minimum Gasteiger partial charge on any atom is -0.493 e. The lowest BCUT2D eigenvalue weighted by Crippen LogP contribution is -2.28. The summed E-state index contributed by atoms with van der Waals surface area (Å²) >= 11 is 1.25. The predicted octanol–water partition coefficient (Wildman–Crippen LogP) is 1.81. The molecule has 0 radical (unpaired) electrons. The molecule has 1 atom stereocenters. The average Bonchev–Trinajstić information content (AvgIpc) is 2.92. The quantitative estimate of drug-likeness (QED) is 0.733. The largest absolute Gasteiger partial charge is 0.493 e. The van der Waals surface area contributed by atoms with E-state index in [1.54, 1.807) is 24.3 Å². The Morgan fingerprint density at radius 3 is 2.83 bits per heavy atom. The minimum absolute atomic E-state index is 0.0535. The molecule has 0 unspecified atom stereocenters. The molecule has 2 amide bonds. The van der Waals surface area contributed by atoms with Gasteiger partial charge in [0.1, 0.15) is 5.25 Å². The number of nitrogens with one attached hydrogen (secondary N) is 2. The Morgan fingerprint density at radius 2 is 2.17 bits per heavy atom. The van der Waals surface area contributed by atoms with Gasteiger partial charge in [-0.2, -0.15) is 0 Å². The number of hydrogen-bond acceptors (Lipinski definition) is 6. The maximum atomic E-state index is 12.2. The standard InChI is InChI=1S/C16H19N3O4S/c1-4-7-17-16-19-15(21)13(24-16)9-14(20)18-10-5-6-11(22-2)12(8-10)23-3/h4-6,8,13H,1,7,9H2,2-3H3,(H,18,20)(H,17,19,21)/t13-/m0/s1. The van der Waals surface area contributed by atoms with E-state index >= 15 is 0 Å². The van der Waals surface area contributed by atoms with E-state index in [0.29, 0.717) is 28.9 Å². The fraction of sp³-hybridized carbons (Fsp3) is 0.312. The minimum atomic E-state index is -0.492. The van der Waals surface area contributed by atoms with Crippen molar-refractivity contribution in [3.8, 4) is 11.5 Å². The molecule has 1 aliphatic rings. The summed E-state index contributed by atoms with van der Waals surface area (Å²) in [5.41, 5.74) is 0.571. The molecule has 1 heterocycles. The Hall–Kier alpha value is -2.48. The predicted molar refractivity (Wildman–Crippen MR) is 94.8 cm³/mol. The molecule has 0 saturated carbocycles. The summed E-state index contributed by atoms with van der Waals surface area (Å²) in [4.78, 5) is 28.2. The van der Waals surface area contributed by atoms with Gasteiger partial charge < -0.3 is 20.1 Å². The fourth-order valence-electron chi connectivity index (χ4n) is 2.06. The van der Waals surface area contributed by atoms with Crippen LogP contribution in [0.4, 0.5) is 5.69 Å². The van der Waals surface area contributed by atoms with E-state index in [9.17, 15) is 9.59 Å². The van der Waals surface area contributed by atoms with Gasteiger partial charge >= 0.3 is 0 Å². The highest BCUT2D eigenvalue weighted by molar-refractivity contribution is 8.15. The summed E-state index contributed by atoms with van der Waals surface area (Å²) in [6.07, 6.45) is 1.69. The van der Waals surface area contributed by atoms with E-state index in [1.807, 2.05) is 0 Å². The molecule has 2 N–H and O–H groups in total. The number of methoxy groups -OCH3 is 2. The van der Waals surface area contributed by atoms with Crippen molar-refractivity contribution in [2.75, 3.05) is 26.1 Å². The van der Waals surface area contributed by atoms with Crippen molar-refractivity contribution in [1.82, 2.24) is 5.32 Å². The van der Waals surface area contributed by atoms with Crippen LogP contribution >= 0.6 is 11.8 Å². The van der Waals surface area contributed by atoms with Gasteiger partial charge in [0.05, 0.1) is 20.8 Å². The van der Waals surface area contributed by atoms with Crippen LogP contribution in [0.2, 0.25) is 0 Å². The van der Waals surface area contributed by atoms with Gasteiger partial charge in [0.2, 0.25) is 11.8 Å². The molecule has 128 valence electrons. The molecule has 1 fully saturated rings. The molecule has 0 aromatic heterocycles. The van der Waals surface area contributed by atoms with Crippen molar-refractivity contribution in [2.24, 2.45) is 4.99 Å². The monoisotopic (exact) mass is 349 g/mol. The second-order valence-corrected chi connectivity index (χ2v) is 6.04. The lowest BCUT2D eigenvalue weighted by Gasteiger charge is -2.11. The van der Waals surface area contributed by atoms with Crippen LogP contribution in [0.1, 0.15) is 6.42 Å². The summed E-state index contributed by atoms with van der Waals surface area (Å²) in [6, 6.07) is 5.07. The molecule has 8 heteroatoms. The van der Waals surface area contributed by atoms with Crippen molar-refractivity contribution >= 4 is 34.4 Å². The van der Waals surface area contributed by atoms with E-state index in [-0.39, 0.29) is 18.2 Å². The number of nitrogens with zero attached hydrogens (tertiary/aromatic N) is 1. The Labute approximate surface area is 144 Å². The molecule has 1 aromatic carbocycles. The maximum absolute atomic E-state index is 12.2. The summed E-state index contributed by atoms with van der Waals surface area (Å²) in [7, 11) is 3.06. The Bertz CT molecular complexity index is 675. The number of rotatable bonds is 7. The summed E-state index contributed by atoms with van der Waals surface area (Å²) in [5.74, 6) is 0.608. The number of benzene rings is 1. The van der Waals surface area contributed by atoms with E-state index in [1.165, 1.54) is 26.0 Å². The number of amidine groups is 1. The number of carbonyl (C=O) groups is 2. The topological polar surface area (TPSA) is 89.0 Å². The Morgan fingerprint density at radius 1 is 1.42 bits per heavy atom. The van der Waals surface area contributed by atoms with Crippen molar-refractivity contribution in [1.29, 1.82) is 0 Å². The number of thioether (sulfide) groups is 1. The smallest absolute Gasteiger partial charge is 0.240 e. The van der Waals surface area contributed by atoms with Crippen LogP contribution in [-0.2, 0) is 9.59 Å². The lowest BCUT2D eigenvalue weighted by molar-refractivity contribution is -0.122. The van der Waals surface area contributed by atoms with Crippen molar-refractivity contribution in [3.05, 3.63) is 30.9 Å². The molecule has 1 saturated heterocycles. The van der Waals surface area contributed by atoms with Gasteiger partial charge in [0.15, 0.2) is 16.7 Å². The fourth-order valence-corrected chi connectivity index (χ4v) is 3.04. The van der Waals surface area contributed by atoms with Crippen molar-refractivity contribution in [2.45, 2.75) is 11.7 Å². The second-order valence-electron chi connectivity index (χ2n) is 4.85. The Balaban J connectivity index is 1.96. The summed E-state index contributed by atoms with van der Waals surface area (Å²) in [5, 5.41) is 5.43. The third-order valence-corrected chi connectivity index (χ3v) is 4.30. The molecule has 0 aliphatic carbocycles. The first kappa shape index (κ1) is 17.9. The van der Waals surface area contributed by atoms with Crippen LogP contribution < -0.4 is 20.1 Å². The molecule has 24 heavy (non-hydrogen) atoms. The normalized spacial score (nSPS) is 18.2. The molecule has 1 aromatic rings.